The van der Waals surface area contributed by atoms with E-state index in [0.29, 0.717) is 30.9 Å². The van der Waals surface area contributed by atoms with Crippen molar-refractivity contribution < 1.29 is 4.79 Å². The van der Waals surface area contributed by atoms with E-state index in [4.69, 9.17) is 28.9 Å². The smallest absolute Gasteiger partial charge is 0.257 e. The quantitative estimate of drug-likeness (QED) is 0.621. The minimum absolute atomic E-state index is 0.217. The summed E-state index contributed by atoms with van der Waals surface area (Å²) in [5.41, 5.74) is 7.15. The first-order chi connectivity index (χ1) is 9.40. The van der Waals surface area contributed by atoms with Crippen LogP contribution in [0.1, 0.15) is 10.4 Å². The summed E-state index contributed by atoms with van der Waals surface area (Å²) in [6, 6.07) is 8.27. The van der Waals surface area contributed by atoms with Gasteiger partial charge in [0.05, 0.1) is 21.3 Å². The van der Waals surface area contributed by atoms with Crippen molar-refractivity contribution in [2.24, 2.45) is 0 Å². The Balaban J connectivity index is 2.36. The molecule has 0 unspecified atom stereocenters. The average molecular weight is 439 g/mol. The van der Waals surface area contributed by atoms with Crippen LogP contribution in [0.15, 0.2) is 39.3 Å². The lowest BCUT2D eigenvalue weighted by Crippen LogP contribution is -2.13. The van der Waals surface area contributed by atoms with Gasteiger partial charge in [-0.1, -0.05) is 29.3 Å². The SMILES string of the molecule is Nc1cc(Br)c(NC(=O)c2cccc(Cl)c2Cl)c(Br)c1. The predicted molar refractivity (Wildman–Crippen MR) is 90.7 cm³/mol. The molecule has 1 amide bonds. The second-order valence-electron chi connectivity index (χ2n) is 3.92. The number of hydrogen-bond acceptors (Lipinski definition) is 2. The first-order valence-electron chi connectivity index (χ1n) is 5.40. The van der Waals surface area contributed by atoms with Gasteiger partial charge < -0.3 is 11.1 Å². The van der Waals surface area contributed by atoms with Crippen LogP contribution in [-0.4, -0.2) is 5.91 Å². The Morgan fingerprint density at radius 3 is 2.35 bits per heavy atom. The Labute approximate surface area is 142 Å². The Morgan fingerprint density at radius 2 is 1.75 bits per heavy atom. The molecule has 0 aromatic heterocycles. The summed E-state index contributed by atoms with van der Waals surface area (Å²) in [6.07, 6.45) is 0. The van der Waals surface area contributed by atoms with Crippen LogP contribution in [0.3, 0.4) is 0 Å². The van der Waals surface area contributed by atoms with Gasteiger partial charge in [0.15, 0.2) is 0 Å². The molecule has 0 saturated carbocycles. The van der Waals surface area contributed by atoms with E-state index in [-0.39, 0.29) is 10.9 Å². The number of halogens is 4. The van der Waals surface area contributed by atoms with Crippen molar-refractivity contribution in [2.75, 3.05) is 11.1 Å². The van der Waals surface area contributed by atoms with Gasteiger partial charge in [-0.2, -0.15) is 0 Å². The van der Waals surface area contributed by atoms with E-state index in [0.717, 1.165) is 0 Å². The van der Waals surface area contributed by atoms with Gasteiger partial charge in [-0.25, -0.2) is 0 Å². The third kappa shape index (κ3) is 3.28. The van der Waals surface area contributed by atoms with Crippen LogP contribution in [0.5, 0.6) is 0 Å². The molecule has 0 heterocycles. The first-order valence-corrected chi connectivity index (χ1v) is 7.74. The Morgan fingerprint density at radius 1 is 1.15 bits per heavy atom. The van der Waals surface area contributed by atoms with Gasteiger partial charge in [-0.05, 0) is 56.1 Å². The zero-order valence-corrected chi connectivity index (χ0v) is 14.6. The maximum atomic E-state index is 12.2. The lowest BCUT2D eigenvalue weighted by molar-refractivity contribution is 0.102. The summed E-state index contributed by atoms with van der Waals surface area (Å²) in [5.74, 6) is -0.358. The second-order valence-corrected chi connectivity index (χ2v) is 6.41. The van der Waals surface area contributed by atoms with Crippen molar-refractivity contribution in [1.82, 2.24) is 0 Å². The number of rotatable bonds is 2. The van der Waals surface area contributed by atoms with E-state index in [1.165, 1.54) is 0 Å². The predicted octanol–water partition coefficient (Wildman–Crippen LogP) is 5.35. The molecular formula is C13H8Br2Cl2N2O. The minimum atomic E-state index is -0.358. The van der Waals surface area contributed by atoms with Crippen molar-refractivity contribution in [1.29, 1.82) is 0 Å². The van der Waals surface area contributed by atoms with Gasteiger partial charge >= 0.3 is 0 Å². The molecule has 0 spiro atoms. The number of amides is 1. The van der Waals surface area contributed by atoms with E-state index in [1.54, 1.807) is 30.3 Å². The fourth-order valence-corrected chi connectivity index (χ4v) is 3.38. The molecule has 0 saturated heterocycles. The normalized spacial score (nSPS) is 10.4. The van der Waals surface area contributed by atoms with Crippen molar-refractivity contribution in [3.05, 3.63) is 54.9 Å². The zero-order valence-electron chi connectivity index (χ0n) is 9.88. The van der Waals surface area contributed by atoms with E-state index < -0.39 is 0 Å². The van der Waals surface area contributed by atoms with Gasteiger partial charge in [-0.3, -0.25) is 4.79 Å². The highest BCUT2D eigenvalue weighted by Gasteiger charge is 2.15. The molecule has 0 aliphatic carbocycles. The van der Waals surface area contributed by atoms with E-state index in [2.05, 4.69) is 37.2 Å². The molecule has 0 fully saturated rings. The van der Waals surface area contributed by atoms with Crippen LogP contribution >= 0.6 is 55.1 Å². The van der Waals surface area contributed by atoms with Gasteiger partial charge in [0.25, 0.3) is 5.91 Å². The Hall–Kier alpha value is -0.750. The molecule has 2 rings (SSSR count). The van der Waals surface area contributed by atoms with Crippen LogP contribution in [-0.2, 0) is 0 Å². The van der Waals surface area contributed by atoms with Crippen molar-refractivity contribution >= 4 is 72.3 Å². The average Bonchev–Trinajstić information content (AvgIpc) is 2.36. The number of carbonyl (C=O) groups is 1. The number of nitrogens with two attached hydrogens (primary N) is 1. The van der Waals surface area contributed by atoms with Crippen LogP contribution in [0.4, 0.5) is 11.4 Å². The van der Waals surface area contributed by atoms with Crippen molar-refractivity contribution in [3.8, 4) is 0 Å². The highest BCUT2D eigenvalue weighted by atomic mass is 79.9. The Kier molecular flexibility index (Phi) is 4.96. The molecule has 2 aromatic carbocycles. The van der Waals surface area contributed by atoms with Gasteiger partial charge in [0.1, 0.15) is 0 Å². The van der Waals surface area contributed by atoms with Gasteiger partial charge in [0, 0.05) is 14.6 Å². The minimum Gasteiger partial charge on any atom is -0.399 e. The van der Waals surface area contributed by atoms with Crippen LogP contribution in [0.2, 0.25) is 10.0 Å². The third-order valence-corrected chi connectivity index (χ3v) is 4.57. The van der Waals surface area contributed by atoms with Crippen LogP contribution in [0.25, 0.3) is 0 Å². The maximum Gasteiger partial charge on any atom is 0.257 e. The van der Waals surface area contributed by atoms with Crippen LogP contribution < -0.4 is 11.1 Å². The highest BCUT2D eigenvalue weighted by molar-refractivity contribution is 9.11. The molecule has 0 radical (unpaired) electrons. The fourth-order valence-electron chi connectivity index (χ4n) is 1.57. The summed E-state index contributed by atoms with van der Waals surface area (Å²) >= 11 is 18.6. The van der Waals surface area contributed by atoms with E-state index >= 15 is 0 Å². The number of hydrogen-bond donors (Lipinski definition) is 2. The summed E-state index contributed by atoms with van der Waals surface area (Å²) < 4.78 is 1.33. The van der Waals surface area contributed by atoms with Crippen molar-refractivity contribution in [2.45, 2.75) is 0 Å². The number of anilines is 2. The Bertz CT molecular complexity index is 669. The molecule has 3 N–H and O–H groups in total. The number of nitrogens with one attached hydrogen (secondary N) is 1. The third-order valence-electron chi connectivity index (χ3n) is 2.50. The highest BCUT2D eigenvalue weighted by Crippen LogP contribution is 2.34. The van der Waals surface area contributed by atoms with Gasteiger partial charge in [-0.15, -0.1) is 0 Å². The topological polar surface area (TPSA) is 55.1 Å². The summed E-state index contributed by atoms with van der Waals surface area (Å²) in [4.78, 5) is 12.2. The molecule has 0 bridgehead atoms. The summed E-state index contributed by atoms with van der Waals surface area (Å²) in [6.45, 7) is 0. The van der Waals surface area contributed by atoms with Crippen LogP contribution in [0, 0.1) is 0 Å². The molecular weight excluding hydrogens is 431 g/mol. The lowest BCUT2D eigenvalue weighted by atomic mass is 10.2. The molecule has 3 nitrogen and oxygen atoms in total. The molecule has 0 aliphatic rings. The number of carbonyl (C=O) groups excluding carboxylic acids is 1. The maximum absolute atomic E-state index is 12.2. The molecule has 2 aromatic rings. The monoisotopic (exact) mass is 436 g/mol. The zero-order chi connectivity index (χ0) is 14.9. The van der Waals surface area contributed by atoms with E-state index in [1.807, 2.05) is 0 Å². The largest absolute Gasteiger partial charge is 0.399 e. The number of nitrogen functional groups attached to an aromatic ring is 1. The first kappa shape index (κ1) is 15.6. The molecule has 20 heavy (non-hydrogen) atoms. The molecule has 0 aliphatic heterocycles. The summed E-state index contributed by atoms with van der Waals surface area (Å²) in [5, 5.41) is 3.30. The lowest BCUT2D eigenvalue weighted by Gasteiger charge is -2.11. The molecule has 104 valence electrons. The van der Waals surface area contributed by atoms with E-state index in [9.17, 15) is 4.79 Å². The van der Waals surface area contributed by atoms with Crippen molar-refractivity contribution in [3.63, 3.8) is 0 Å². The molecule has 7 heteroatoms. The fraction of sp³-hybridized carbons (Fsp3) is 0. The van der Waals surface area contributed by atoms with Gasteiger partial charge in [0.2, 0.25) is 0 Å². The molecule has 0 atom stereocenters. The number of benzene rings is 2. The standard InChI is InChI=1S/C13H8Br2Cl2N2O/c14-8-4-6(18)5-9(15)12(8)19-13(20)7-2-1-3-10(16)11(7)17/h1-5H,18H2,(H,19,20). The second kappa shape index (κ2) is 6.35. The summed E-state index contributed by atoms with van der Waals surface area (Å²) in [7, 11) is 0.